The van der Waals surface area contributed by atoms with Crippen molar-refractivity contribution in [3.63, 3.8) is 0 Å². The Bertz CT molecular complexity index is 722. The van der Waals surface area contributed by atoms with Crippen LogP contribution in [0.15, 0.2) is 30.6 Å². The summed E-state index contributed by atoms with van der Waals surface area (Å²) in [6, 6.07) is 3.62. The van der Waals surface area contributed by atoms with E-state index in [2.05, 4.69) is 15.7 Å². The lowest BCUT2D eigenvalue weighted by Gasteiger charge is -2.17. The number of aryl methyl sites for hydroxylation is 1. The maximum Gasteiger partial charge on any atom is 0.225 e. The molecule has 0 unspecified atom stereocenters. The molecule has 0 saturated carbocycles. The molecule has 1 aliphatic heterocycles. The average molecular weight is 357 g/mol. The van der Waals surface area contributed by atoms with Gasteiger partial charge in [0.25, 0.3) is 0 Å². The first kappa shape index (κ1) is 18.4. The second-order valence-electron chi connectivity index (χ2n) is 5.78. The third kappa shape index (κ3) is 3.91. The standard InChI is InChI=1S/C16H18F2N4O.ClH/c1-22-9-11(6-21-22)12-7-19-8-13(12)16(23)20-5-10-2-3-14(17)15(18)4-10;/h2-4,6,9,12-13,19H,5,7-8H2,1H3,(H,20,23);1H/t12-,13+;/m1./s1. The fraction of sp³-hybridized carbons (Fsp3) is 0.375. The van der Waals surface area contributed by atoms with Gasteiger partial charge in [-0.3, -0.25) is 9.48 Å². The zero-order valence-electron chi connectivity index (χ0n) is 13.1. The van der Waals surface area contributed by atoms with E-state index in [1.807, 2.05) is 13.2 Å². The molecule has 1 aliphatic rings. The van der Waals surface area contributed by atoms with Crippen molar-refractivity contribution in [2.75, 3.05) is 13.1 Å². The lowest BCUT2D eigenvalue weighted by Crippen LogP contribution is -2.34. The van der Waals surface area contributed by atoms with Gasteiger partial charge in [-0.1, -0.05) is 6.07 Å². The molecule has 24 heavy (non-hydrogen) atoms. The summed E-state index contributed by atoms with van der Waals surface area (Å²) in [6.45, 7) is 1.48. The topological polar surface area (TPSA) is 59.0 Å². The van der Waals surface area contributed by atoms with Crippen LogP contribution in [0.3, 0.4) is 0 Å². The zero-order valence-corrected chi connectivity index (χ0v) is 13.9. The van der Waals surface area contributed by atoms with Crippen LogP contribution >= 0.6 is 12.4 Å². The zero-order chi connectivity index (χ0) is 16.4. The van der Waals surface area contributed by atoms with Gasteiger partial charge in [0.15, 0.2) is 11.6 Å². The second-order valence-corrected chi connectivity index (χ2v) is 5.78. The van der Waals surface area contributed by atoms with E-state index in [-0.39, 0.29) is 36.7 Å². The number of nitrogens with one attached hydrogen (secondary N) is 2. The molecule has 1 aromatic heterocycles. The Hall–Kier alpha value is -1.99. The maximum atomic E-state index is 13.2. The van der Waals surface area contributed by atoms with Crippen LogP contribution in [0.1, 0.15) is 17.0 Å². The second kappa shape index (κ2) is 7.72. The van der Waals surface area contributed by atoms with Crippen molar-refractivity contribution in [1.29, 1.82) is 0 Å². The first-order valence-electron chi connectivity index (χ1n) is 7.45. The number of amides is 1. The highest BCUT2D eigenvalue weighted by molar-refractivity contribution is 5.85. The van der Waals surface area contributed by atoms with Gasteiger partial charge >= 0.3 is 0 Å². The summed E-state index contributed by atoms with van der Waals surface area (Å²) >= 11 is 0. The van der Waals surface area contributed by atoms with Crippen LogP contribution < -0.4 is 10.6 Å². The lowest BCUT2D eigenvalue weighted by atomic mass is 9.90. The number of rotatable bonds is 4. The Morgan fingerprint density at radius 2 is 2.17 bits per heavy atom. The number of carbonyl (C=O) groups excluding carboxylic acids is 1. The molecule has 2 atom stereocenters. The summed E-state index contributed by atoms with van der Waals surface area (Å²) in [6.07, 6.45) is 3.68. The van der Waals surface area contributed by atoms with E-state index in [0.29, 0.717) is 12.1 Å². The minimum Gasteiger partial charge on any atom is -0.352 e. The Morgan fingerprint density at radius 3 is 2.83 bits per heavy atom. The largest absolute Gasteiger partial charge is 0.352 e. The van der Waals surface area contributed by atoms with Crippen molar-refractivity contribution in [1.82, 2.24) is 20.4 Å². The SMILES string of the molecule is Cl.Cn1cc([C@H]2CNC[C@@H]2C(=O)NCc2ccc(F)c(F)c2)cn1. The van der Waals surface area contributed by atoms with Gasteiger partial charge in [0.1, 0.15) is 0 Å². The van der Waals surface area contributed by atoms with Crippen LogP contribution in [0.4, 0.5) is 8.78 Å². The van der Waals surface area contributed by atoms with E-state index in [1.54, 1.807) is 10.9 Å². The molecule has 1 saturated heterocycles. The van der Waals surface area contributed by atoms with E-state index in [9.17, 15) is 13.6 Å². The summed E-state index contributed by atoms with van der Waals surface area (Å²) in [5, 5.41) is 10.2. The monoisotopic (exact) mass is 356 g/mol. The Balaban J connectivity index is 0.00000208. The molecule has 0 radical (unpaired) electrons. The van der Waals surface area contributed by atoms with Crippen LogP contribution in [-0.2, 0) is 18.4 Å². The minimum absolute atomic E-state index is 0. The number of hydrogen-bond acceptors (Lipinski definition) is 3. The number of carbonyl (C=O) groups is 1. The van der Waals surface area contributed by atoms with Crippen molar-refractivity contribution >= 4 is 18.3 Å². The predicted molar refractivity (Wildman–Crippen MR) is 87.8 cm³/mol. The highest BCUT2D eigenvalue weighted by Crippen LogP contribution is 2.27. The van der Waals surface area contributed by atoms with Gasteiger partial charge in [0.05, 0.1) is 12.1 Å². The van der Waals surface area contributed by atoms with Crippen molar-refractivity contribution in [2.45, 2.75) is 12.5 Å². The highest BCUT2D eigenvalue weighted by Gasteiger charge is 2.34. The summed E-state index contributed by atoms with van der Waals surface area (Å²) in [5.41, 5.74) is 1.55. The number of hydrogen-bond donors (Lipinski definition) is 2. The average Bonchev–Trinajstić information content (AvgIpc) is 3.16. The molecule has 0 aliphatic carbocycles. The quantitative estimate of drug-likeness (QED) is 0.877. The summed E-state index contributed by atoms with van der Waals surface area (Å²) in [4.78, 5) is 12.4. The van der Waals surface area contributed by atoms with Gasteiger partial charge in [-0.25, -0.2) is 8.78 Å². The molecule has 2 N–H and O–H groups in total. The fourth-order valence-electron chi connectivity index (χ4n) is 2.91. The van der Waals surface area contributed by atoms with Gasteiger partial charge in [-0.2, -0.15) is 5.10 Å². The molecule has 2 aromatic rings. The van der Waals surface area contributed by atoms with E-state index in [1.165, 1.54) is 6.07 Å². The van der Waals surface area contributed by atoms with Crippen molar-refractivity contribution in [3.8, 4) is 0 Å². The summed E-state index contributed by atoms with van der Waals surface area (Å²) < 4.78 is 27.8. The van der Waals surface area contributed by atoms with E-state index in [0.717, 1.165) is 24.2 Å². The van der Waals surface area contributed by atoms with Gasteiger partial charge in [0.2, 0.25) is 5.91 Å². The van der Waals surface area contributed by atoms with Crippen molar-refractivity contribution < 1.29 is 13.6 Å². The molecule has 1 aromatic carbocycles. The van der Waals surface area contributed by atoms with E-state index in [4.69, 9.17) is 0 Å². The normalized spacial score (nSPS) is 19.8. The first-order valence-corrected chi connectivity index (χ1v) is 7.45. The van der Waals surface area contributed by atoms with Crippen molar-refractivity contribution in [3.05, 3.63) is 53.4 Å². The molecule has 5 nitrogen and oxygen atoms in total. The molecule has 1 amide bonds. The van der Waals surface area contributed by atoms with E-state index >= 15 is 0 Å². The van der Waals surface area contributed by atoms with Crippen LogP contribution in [0.25, 0.3) is 0 Å². The van der Waals surface area contributed by atoms with Crippen LogP contribution in [0.2, 0.25) is 0 Å². The number of halogens is 3. The Kier molecular flexibility index (Phi) is 5.90. The van der Waals surface area contributed by atoms with Crippen LogP contribution in [-0.4, -0.2) is 28.8 Å². The third-order valence-electron chi connectivity index (χ3n) is 4.15. The van der Waals surface area contributed by atoms with Crippen LogP contribution in [0, 0.1) is 17.6 Å². The molecule has 8 heteroatoms. The van der Waals surface area contributed by atoms with Gasteiger partial charge in [0, 0.05) is 38.8 Å². The molecule has 130 valence electrons. The Labute approximate surface area is 144 Å². The summed E-state index contributed by atoms with van der Waals surface area (Å²) in [5.74, 6) is -2.05. The molecule has 1 fully saturated rings. The molecule has 3 rings (SSSR count). The van der Waals surface area contributed by atoms with Gasteiger partial charge in [-0.05, 0) is 23.3 Å². The van der Waals surface area contributed by atoms with Crippen LogP contribution in [0.5, 0.6) is 0 Å². The maximum absolute atomic E-state index is 13.2. The summed E-state index contributed by atoms with van der Waals surface area (Å²) in [7, 11) is 1.84. The predicted octanol–water partition coefficient (Wildman–Crippen LogP) is 1.74. The lowest BCUT2D eigenvalue weighted by molar-refractivity contribution is -0.125. The molecule has 2 heterocycles. The van der Waals surface area contributed by atoms with Gasteiger partial charge < -0.3 is 10.6 Å². The molecular formula is C16H19ClF2N4O. The Morgan fingerprint density at radius 1 is 1.38 bits per heavy atom. The number of aromatic nitrogens is 2. The number of nitrogens with zero attached hydrogens (tertiary/aromatic N) is 2. The van der Waals surface area contributed by atoms with Gasteiger partial charge in [-0.15, -0.1) is 12.4 Å². The molecule has 0 bridgehead atoms. The van der Waals surface area contributed by atoms with Crippen molar-refractivity contribution in [2.24, 2.45) is 13.0 Å². The first-order chi connectivity index (χ1) is 11.0. The number of benzene rings is 1. The molecular weight excluding hydrogens is 338 g/mol. The third-order valence-corrected chi connectivity index (χ3v) is 4.15. The highest BCUT2D eigenvalue weighted by atomic mass is 35.5. The van der Waals surface area contributed by atoms with E-state index < -0.39 is 11.6 Å². The fourth-order valence-corrected chi connectivity index (χ4v) is 2.91. The smallest absolute Gasteiger partial charge is 0.225 e. The minimum atomic E-state index is -0.910. The molecule has 0 spiro atoms.